The lowest BCUT2D eigenvalue weighted by molar-refractivity contribution is 0.254. The van der Waals surface area contributed by atoms with Crippen molar-refractivity contribution in [3.05, 3.63) is 205 Å². The van der Waals surface area contributed by atoms with Crippen LogP contribution in [0.15, 0.2) is 194 Å². The molecule has 0 bridgehead atoms. The van der Waals surface area contributed by atoms with E-state index in [0.717, 1.165) is 29.9 Å². The first-order chi connectivity index (χ1) is 28.8. The monoisotopic (exact) mass is 746 g/mol. The summed E-state index contributed by atoms with van der Waals surface area (Å²) in [6.45, 7) is 0. The van der Waals surface area contributed by atoms with Crippen LogP contribution in [0.4, 0.5) is 17.1 Å². The molecule has 8 aromatic rings. The SMILES string of the molecule is C1=CC2CCC(n3c4c(c5c(-c6cccc(N(c7ccc(-c8ccccc8)cc7)c7ccc(-c8cccc9ccccc89)cc7)c6)cccc53)CCC=C4)CC2C=C1. The number of aromatic nitrogens is 1. The highest BCUT2D eigenvalue weighted by Gasteiger charge is 2.32. The largest absolute Gasteiger partial charge is 0.338 e. The summed E-state index contributed by atoms with van der Waals surface area (Å²) in [4.78, 5) is 2.42. The Morgan fingerprint density at radius 1 is 0.517 bits per heavy atom. The third kappa shape index (κ3) is 6.12. The van der Waals surface area contributed by atoms with Crippen LogP contribution in [0.25, 0.3) is 61.1 Å². The maximum atomic E-state index is 2.73. The van der Waals surface area contributed by atoms with Gasteiger partial charge in [-0.05, 0) is 142 Å². The molecule has 0 radical (unpaired) electrons. The molecule has 3 atom stereocenters. The molecule has 58 heavy (non-hydrogen) atoms. The van der Waals surface area contributed by atoms with Crippen LogP contribution in [0.2, 0.25) is 0 Å². The number of hydrogen-bond donors (Lipinski definition) is 0. The van der Waals surface area contributed by atoms with Gasteiger partial charge in [0, 0.05) is 39.7 Å². The van der Waals surface area contributed by atoms with Crippen LogP contribution in [0.1, 0.15) is 43.0 Å². The molecule has 2 heteroatoms. The van der Waals surface area contributed by atoms with Crippen LogP contribution in [0.3, 0.4) is 0 Å². The Hall–Kier alpha value is -6.64. The second kappa shape index (κ2) is 14.7. The second-order valence-electron chi connectivity index (χ2n) is 16.3. The fourth-order valence-electron chi connectivity index (χ4n) is 10.2. The van der Waals surface area contributed by atoms with Crippen molar-refractivity contribution in [3.8, 4) is 33.4 Å². The average molecular weight is 747 g/mol. The van der Waals surface area contributed by atoms with E-state index in [4.69, 9.17) is 0 Å². The Morgan fingerprint density at radius 3 is 2.03 bits per heavy atom. The summed E-state index contributed by atoms with van der Waals surface area (Å²) in [6.07, 6.45) is 20.1. The van der Waals surface area contributed by atoms with Gasteiger partial charge in [-0.2, -0.15) is 0 Å². The highest BCUT2D eigenvalue weighted by atomic mass is 15.1. The minimum Gasteiger partial charge on any atom is -0.338 e. The van der Waals surface area contributed by atoms with Crippen LogP contribution < -0.4 is 4.90 Å². The van der Waals surface area contributed by atoms with Gasteiger partial charge in [-0.1, -0.05) is 152 Å². The Balaban J connectivity index is 1.02. The quantitative estimate of drug-likeness (QED) is 0.158. The molecule has 280 valence electrons. The molecule has 3 aliphatic carbocycles. The lowest BCUT2D eigenvalue weighted by atomic mass is 9.75. The van der Waals surface area contributed by atoms with Gasteiger partial charge in [0.1, 0.15) is 0 Å². The molecule has 0 amide bonds. The summed E-state index contributed by atoms with van der Waals surface area (Å²) in [7, 11) is 0. The minimum absolute atomic E-state index is 0.499. The van der Waals surface area contributed by atoms with E-state index in [0.29, 0.717) is 17.9 Å². The van der Waals surface area contributed by atoms with E-state index in [1.807, 2.05) is 0 Å². The Bertz CT molecular complexity index is 2870. The van der Waals surface area contributed by atoms with E-state index in [1.54, 1.807) is 0 Å². The number of fused-ring (bicyclic) bond motifs is 5. The van der Waals surface area contributed by atoms with E-state index in [9.17, 15) is 0 Å². The Kier molecular flexibility index (Phi) is 8.77. The highest BCUT2D eigenvalue weighted by molar-refractivity contribution is 6.02. The first-order valence-corrected chi connectivity index (χ1v) is 21.1. The van der Waals surface area contributed by atoms with Crippen LogP contribution in [0.5, 0.6) is 0 Å². The van der Waals surface area contributed by atoms with Gasteiger partial charge in [-0.25, -0.2) is 0 Å². The third-order valence-corrected chi connectivity index (χ3v) is 13.0. The molecule has 1 saturated carbocycles. The van der Waals surface area contributed by atoms with Crippen LogP contribution in [-0.2, 0) is 6.42 Å². The van der Waals surface area contributed by atoms with Gasteiger partial charge < -0.3 is 9.47 Å². The van der Waals surface area contributed by atoms with Crippen molar-refractivity contribution in [3.63, 3.8) is 0 Å². The summed E-state index contributed by atoms with van der Waals surface area (Å²) >= 11 is 0. The van der Waals surface area contributed by atoms with E-state index in [1.165, 1.54) is 85.6 Å². The number of allylic oxidation sites excluding steroid dienone is 5. The molecule has 1 aromatic heterocycles. The van der Waals surface area contributed by atoms with Crippen molar-refractivity contribution in [1.29, 1.82) is 0 Å². The predicted octanol–water partition coefficient (Wildman–Crippen LogP) is 15.3. The zero-order valence-corrected chi connectivity index (χ0v) is 32.7. The maximum absolute atomic E-state index is 2.73. The van der Waals surface area contributed by atoms with E-state index in [-0.39, 0.29) is 0 Å². The lowest BCUT2D eigenvalue weighted by Gasteiger charge is -2.36. The van der Waals surface area contributed by atoms with Gasteiger partial charge in [-0.15, -0.1) is 0 Å². The number of aryl methyl sites for hydroxylation is 1. The van der Waals surface area contributed by atoms with Crippen LogP contribution in [-0.4, -0.2) is 4.57 Å². The van der Waals surface area contributed by atoms with Gasteiger partial charge >= 0.3 is 0 Å². The Labute approximate surface area is 341 Å². The molecular formula is C56H46N2. The number of anilines is 3. The molecule has 11 rings (SSSR count). The summed E-state index contributed by atoms with van der Waals surface area (Å²) < 4.78 is 2.73. The summed E-state index contributed by atoms with van der Waals surface area (Å²) in [5.41, 5.74) is 15.2. The molecule has 3 unspecified atom stereocenters. The maximum Gasteiger partial charge on any atom is 0.0496 e. The normalized spacial score (nSPS) is 18.3. The van der Waals surface area contributed by atoms with E-state index >= 15 is 0 Å². The van der Waals surface area contributed by atoms with E-state index in [2.05, 4.69) is 210 Å². The van der Waals surface area contributed by atoms with Crippen molar-refractivity contribution in [2.75, 3.05) is 4.90 Å². The standard InChI is InChI=1S/C56H46N2/c1-2-13-39(14-3-1)41-27-32-46(33-28-41)57(47-34-30-43(31-35-47)51-23-11-18-42-16-6-7-21-50(42)51)48-20-10-19-45(38-48)52-24-12-26-55-56(52)53-22-8-9-25-54(53)58(55)49-36-29-40-15-4-5-17-44(40)37-49/h1-7,9-21,23-28,30-35,38,40,44,49H,8,22,29,36-37H2. The molecule has 1 fully saturated rings. The van der Waals surface area contributed by atoms with Crippen molar-refractivity contribution >= 4 is 44.8 Å². The first-order valence-electron chi connectivity index (χ1n) is 21.1. The van der Waals surface area contributed by atoms with Gasteiger partial charge in [0.15, 0.2) is 0 Å². The van der Waals surface area contributed by atoms with Gasteiger partial charge in [-0.3, -0.25) is 0 Å². The summed E-state index contributed by atoms with van der Waals surface area (Å²) in [6, 6.07) is 60.8. The van der Waals surface area contributed by atoms with Gasteiger partial charge in [0.2, 0.25) is 0 Å². The second-order valence-corrected chi connectivity index (χ2v) is 16.3. The molecule has 1 heterocycles. The molecule has 2 nitrogen and oxygen atoms in total. The number of rotatable bonds is 7. The van der Waals surface area contributed by atoms with Gasteiger partial charge in [0.05, 0.1) is 0 Å². The number of benzene rings is 7. The van der Waals surface area contributed by atoms with Crippen molar-refractivity contribution < 1.29 is 0 Å². The minimum atomic E-state index is 0.499. The molecular weight excluding hydrogens is 701 g/mol. The Morgan fingerprint density at radius 2 is 1.19 bits per heavy atom. The van der Waals surface area contributed by atoms with Gasteiger partial charge in [0.25, 0.3) is 0 Å². The summed E-state index contributed by atoms with van der Waals surface area (Å²) in [5.74, 6) is 1.30. The predicted molar refractivity (Wildman–Crippen MR) is 246 cm³/mol. The van der Waals surface area contributed by atoms with Crippen LogP contribution in [0, 0.1) is 11.8 Å². The topological polar surface area (TPSA) is 8.17 Å². The first kappa shape index (κ1) is 34.6. The zero-order valence-electron chi connectivity index (χ0n) is 32.7. The summed E-state index contributed by atoms with van der Waals surface area (Å²) in [5, 5.41) is 3.96. The van der Waals surface area contributed by atoms with Crippen molar-refractivity contribution in [1.82, 2.24) is 4.57 Å². The van der Waals surface area contributed by atoms with Crippen LogP contribution >= 0.6 is 0 Å². The highest BCUT2D eigenvalue weighted by Crippen LogP contribution is 2.47. The molecule has 0 N–H and O–H groups in total. The van der Waals surface area contributed by atoms with E-state index < -0.39 is 0 Å². The fourth-order valence-corrected chi connectivity index (χ4v) is 10.2. The zero-order chi connectivity index (χ0) is 38.4. The van der Waals surface area contributed by atoms with Crippen molar-refractivity contribution in [2.45, 2.75) is 38.1 Å². The number of hydrogen-bond acceptors (Lipinski definition) is 1. The third-order valence-electron chi connectivity index (χ3n) is 13.0. The number of nitrogens with zero attached hydrogens (tertiary/aromatic N) is 2. The average Bonchev–Trinajstić information content (AvgIpc) is 3.64. The smallest absolute Gasteiger partial charge is 0.0496 e. The molecule has 0 spiro atoms. The fraction of sp³-hybridized carbons (Fsp3) is 0.143. The van der Waals surface area contributed by atoms with Crippen molar-refractivity contribution in [2.24, 2.45) is 11.8 Å². The molecule has 3 aliphatic rings. The molecule has 0 aliphatic heterocycles. The molecule has 7 aromatic carbocycles. The molecule has 0 saturated heterocycles. The lowest BCUT2D eigenvalue weighted by Crippen LogP contribution is -2.26.